The summed E-state index contributed by atoms with van der Waals surface area (Å²) in [6.07, 6.45) is 0.835. The number of nitrogens with zero attached hydrogens (tertiary/aromatic N) is 2. The topological polar surface area (TPSA) is 96.6 Å². The van der Waals surface area contributed by atoms with Crippen LogP contribution in [0.25, 0.3) is 21.8 Å². The van der Waals surface area contributed by atoms with E-state index in [0.29, 0.717) is 46.5 Å². The molecule has 0 saturated carbocycles. The third-order valence-electron chi connectivity index (χ3n) is 12.6. The van der Waals surface area contributed by atoms with Crippen molar-refractivity contribution in [3.63, 3.8) is 0 Å². The van der Waals surface area contributed by atoms with Crippen molar-refractivity contribution < 1.29 is 27.5 Å². The molecule has 0 aliphatic rings. The van der Waals surface area contributed by atoms with Crippen LogP contribution < -0.4 is 0 Å². The van der Waals surface area contributed by atoms with E-state index >= 15 is 0 Å². The first-order chi connectivity index (χ1) is 33.4. The van der Waals surface area contributed by atoms with Gasteiger partial charge in [0.1, 0.15) is 0 Å². The van der Waals surface area contributed by atoms with Crippen LogP contribution in [0.4, 0.5) is 0 Å². The van der Waals surface area contributed by atoms with E-state index in [9.17, 15) is 18.0 Å². The first-order valence-electron chi connectivity index (χ1n) is 25.4. The van der Waals surface area contributed by atoms with Crippen LogP contribution in [0.2, 0.25) is 10.0 Å². The predicted octanol–water partition coefficient (Wildman–Crippen LogP) is 16.2. The van der Waals surface area contributed by atoms with Gasteiger partial charge in [0.15, 0.2) is 9.84 Å². The van der Waals surface area contributed by atoms with Gasteiger partial charge in [0.05, 0.1) is 34.7 Å². The monoisotopic (exact) mass is 1060 g/mol. The van der Waals surface area contributed by atoms with Gasteiger partial charge in [-0.3, -0.25) is 9.59 Å². The summed E-state index contributed by atoms with van der Waals surface area (Å²) in [6.45, 7) is 34.4. The summed E-state index contributed by atoms with van der Waals surface area (Å²) >= 11 is 14.2. The molecule has 0 amide bonds. The van der Waals surface area contributed by atoms with Gasteiger partial charge in [-0.1, -0.05) is 129 Å². The van der Waals surface area contributed by atoms with E-state index in [1.807, 2.05) is 116 Å². The molecular weight excluding hydrogens is 980 g/mol. The van der Waals surface area contributed by atoms with Crippen LogP contribution in [0.3, 0.4) is 0 Å². The molecule has 0 aliphatic heterocycles. The predicted molar refractivity (Wildman–Crippen MR) is 303 cm³/mol. The number of benzene rings is 4. The lowest BCUT2D eigenvalue weighted by molar-refractivity contribution is -0.154. The zero-order chi connectivity index (χ0) is 53.7. The number of halogens is 2. The Morgan fingerprint density at radius 1 is 0.583 bits per heavy atom. The number of ether oxygens (including phenoxy) is 2. The molecule has 0 N–H and O–H groups in total. The van der Waals surface area contributed by atoms with Gasteiger partial charge in [-0.2, -0.15) is 0 Å². The Hall–Kier alpha value is -4.22. The number of hydrogen-bond acceptors (Lipinski definition) is 7. The minimum atomic E-state index is -3.70. The van der Waals surface area contributed by atoms with E-state index in [-0.39, 0.29) is 42.1 Å². The van der Waals surface area contributed by atoms with E-state index < -0.39 is 26.1 Å². The van der Waals surface area contributed by atoms with Gasteiger partial charge in [0.2, 0.25) is 0 Å². The van der Waals surface area contributed by atoms with Crippen LogP contribution in [-0.4, -0.2) is 54.2 Å². The van der Waals surface area contributed by atoms with Gasteiger partial charge in [-0.25, -0.2) is 8.42 Å². The van der Waals surface area contributed by atoms with Crippen LogP contribution >= 0.6 is 35.0 Å². The highest BCUT2D eigenvalue weighted by atomic mass is 35.5. The van der Waals surface area contributed by atoms with Crippen molar-refractivity contribution in [1.29, 1.82) is 0 Å². The number of rotatable bonds is 18. The number of esters is 2. The normalized spacial score (nSPS) is 12.7. The summed E-state index contributed by atoms with van der Waals surface area (Å²) < 4.78 is 43.5. The molecule has 72 heavy (non-hydrogen) atoms. The number of carbonyl (C=O) groups is 2. The fourth-order valence-corrected chi connectivity index (χ4v) is 12.7. The van der Waals surface area contributed by atoms with Crippen LogP contribution in [0.15, 0.2) is 94.7 Å². The maximum absolute atomic E-state index is 14.1. The Balaban J connectivity index is 0.000000268. The van der Waals surface area contributed by atoms with Crippen molar-refractivity contribution in [2.45, 2.75) is 158 Å². The van der Waals surface area contributed by atoms with Gasteiger partial charge in [0, 0.05) is 79.8 Å². The third-order valence-corrected chi connectivity index (χ3v) is 17.2. The lowest BCUT2D eigenvalue weighted by atomic mass is 9.87. The summed E-state index contributed by atoms with van der Waals surface area (Å²) in [5, 5.41) is 3.35. The van der Waals surface area contributed by atoms with Gasteiger partial charge < -0.3 is 18.6 Å². The number of hydrogen-bond donors (Lipinski definition) is 0. The largest absolute Gasteiger partial charge is 0.466 e. The van der Waals surface area contributed by atoms with Crippen molar-refractivity contribution in [1.82, 2.24) is 9.13 Å². The van der Waals surface area contributed by atoms with E-state index in [2.05, 4.69) is 94.0 Å². The summed E-state index contributed by atoms with van der Waals surface area (Å²) in [4.78, 5) is 27.4. The highest BCUT2D eigenvalue weighted by Gasteiger charge is 2.38. The molecule has 6 rings (SSSR count). The second-order valence-corrected chi connectivity index (χ2v) is 27.4. The number of thioether (sulfide) groups is 1. The molecule has 0 saturated heterocycles. The van der Waals surface area contributed by atoms with Crippen molar-refractivity contribution in [2.24, 2.45) is 21.7 Å². The first-order valence-corrected chi connectivity index (χ1v) is 28.8. The van der Waals surface area contributed by atoms with Crippen LogP contribution in [0.1, 0.15) is 156 Å². The Bertz CT molecular complexity index is 2950. The molecule has 0 aliphatic carbocycles. The quantitative estimate of drug-likeness (QED) is 0.0625. The molecule has 392 valence electrons. The average molecular weight is 1060 g/mol. The van der Waals surface area contributed by atoms with E-state index in [1.54, 1.807) is 6.92 Å². The fourth-order valence-electron chi connectivity index (χ4n) is 8.84. The van der Waals surface area contributed by atoms with E-state index in [1.165, 1.54) is 32.6 Å². The highest BCUT2D eigenvalue weighted by Crippen LogP contribution is 2.43. The standard InChI is InChI=1S/C30H40ClNO4S.C30H40ClNO2S/c1-9-36-28(33)30(7,8)17-26-27(37(34,35)19-29(4,5)6)24-16-22(20(2)3)12-15-25(24)32(26)18-21-10-13-23(31)14-11-21;1-9-34-28(33)30(7,8)17-26-27(35-19-29(4,5)6)24-16-22(20(2)3)12-15-25(24)32(26)18-21-10-13-23(31)14-11-21/h10-16,20H,9,17-19H2,1-8H3;10-16,20H,9,17-19H2,1-8H3. The fraction of sp³-hybridized carbons (Fsp3) is 0.500. The van der Waals surface area contributed by atoms with Gasteiger partial charge in [-0.05, 0) is 135 Å². The number of aromatic nitrogens is 2. The zero-order valence-corrected chi connectivity index (χ0v) is 49.0. The molecule has 0 fully saturated rings. The second-order valence-electron chi connectivity index (χ2n) is 23.6. The Morgan fingerprint density at radius 3 is 1.39 bits per heavy atom. The molecule has 2 aromatic heterocycles. The molecule has 6 aromatic rings. The molecule has 4 aromatic carbocycles. The lowest BCUT2D eigenvalue weighted by Gasteiger charge is -2.25. The molecule has 2 heterocycles. The molecule has 0 spiro atoms. The van der Waals surface area contributed by atoms with E-state index in [0.717, 1.165) is 34.0 Å². The molecule has 12 heteroatoms. The van der Waals surface area contributed by atoms with Crippen molar-refractivity contribution in [3.05, 3.63) is 129 Å². The van der Waals surface area contributed by atoms with Crippen LogP contribution in [-0.2, 0) is 54.8 Å². The van der Waals surface area contributed by atoms with Crippen LogP contribution in [0.5, 0.6) is 0 Å². The minimum Gasteiger partial charge on any atom is -0.466 e. The van der Waals surface area contributed by atoms with Crippen LogP contribution in [0, 0.1) is 21.7 Å². The molecule has 0 radical (unpaired) electrons. The summed E-state index contributed by atoms with van der Waals surface area (Å²) in [5.74, 6) is 1.17. The summed E-state index contributed by atoms with van der Waals surface area (Å²) in [7, 11) is -3.70. The second kappa shape index (κ2) is 23.5. The maximum Gasteiger partial charge on any atom is 0.311 e. The van der Waals surface area contributed by atoms with Gasteiger partial charge in [-0.15, -0.1) is 11.8 Å². The summed E-state index contributed by atoms with van der Waals surface area (Å²) in [5.41, 5.74) is 6.62. The average Bonchev–Trinajstić information content (AvgIpc) is 3.72. The molecule has 0 unspecified atom stereocenters. The molecule has 8 nitrogen and oxygen atoms in total. The van der Waals surface area contributed by atoms with Gasteiger partial charge >= 0.3 is 11.9 Å². The number of sulfone groups is 1. The minimum absolute atomic E-state index is 0.00119. The first kappa shape index (κ1) is 58.7. The smallest absolute Gasteiger partial charge is 0.311 e. The Kier molecular flexibility index (Phi) is 19.2. The SMILES string of the molecule is CCOC(=O)C(C)(C)Cc1c(S(=O)(=O)CC(C)(C)C)c2cc(C(C)C)ccc2n1Cc1ccc(Cl)cc1.CCOC(=O)C(C)(C)Cc1c(SCC(C)(C)C)c2cc(C(C)C)ccc2n1Cc1ccc(Cl)cc1. The zero-order valence-electron chi connectivity index (χ0n) is 45.8. The third kappa shape index (κ3) is 15.0. The molecule has 0 atom stereocenters. The molecular formula is C60H80Cl2N2O6S2. The van der Waals surface area contributed by atoms with Crippen molar-refractivity contribution >= 4 is 78.5 Å². The number of carbonyl (C=O) groups excluding carboxylic acids is 2. The Labute approximate surface area is 445 Å². The van der Waals surface area contributed by atoms with Gasteiger partial charge in [0.25, 0.3) is 0 Å². The summed E-state index contributed by atoms with van der Waals surface area (Å²) in [6, 6.07) is 28.5. The van der Waals surface area contributed by atoms with Crippen molar-refractivity contribution in [2.75, 3.05) is 24.7 Å². The lowest BCUT2D eigenvalue weighted by Crippen LogP contribution is -2.31. The highest BCUT2D eigenvalue weighted by molar-refractivity contribution is 7.99. The van der Waals surface area contributed by atoms with E-state index in [4.69, 9.17) is 32.7 Å². The van der Waals surface area contributed by atoms with Crippen molar-refractivity contribution in [3.8, 4) is 0 Å². The Morgan fingerprint density at radius 2 is 0.986 bits per heavy atom. The number of fused-ring (bicyclic) bond motifs is 2. The maximum atomic E-state index is 14.1. The molecule has 0 bridgehead atoms.